The number of hydrogen-bond donors (Lipinski definition) is 2. The summed E-state index contributed by atoms with van der Waals surface area (Å²) >= 11 is 0. The molecule has 7 nitrogen and oxygen atoms in total. The lowest BCUT2D eigenvalue weighted by Crippen LogP contribution is -2.49. The number of nitrogens with zero attached hydrogens (tertiary/aromatic N) is 2. The molecule has 1 aliphatic rings. The van der Waals surface area contributed by atoms with Gasteiger partial charge in [0.05, 0.1) is 11.6 Å². The molecule has 0 radical (unpaired) electrons. The fourth-order valence-corrected chi connectivity index (χ4v) is 3.52. The number of carbonyl (C=O) groups excluding carboxylic acids is 3. The molecule has 2 atom stereocenters. The number of primary amides is 1. The monoisotopic (exact) mass is 366 g/mol. The van der Waals surface area contributed by atoms with Crippen molar-refractivity contribution < 1.29 is 14.4 Å². The second-order valence-electron chi connectivity index (χ2n) is 6.64. The van der Waals surface area contributed by atoms with Gasteiger partial charge in [-0.3, -0.25) is 14.4 Å². The fourth-order valence-electron chi connectivity index (χ4n) is 3.52. The lowest BCUT2D eigenvalue weighted by molar-refractivity contribution is -0.148. The van der Waals surface area contributed by atoms with Crippen molar-refractivity contribution in [3.05, 3.63) is 59.8 Å². The van der Waals surface area contributed by atoms with Gasteiger partial charge in [-0.1, -0.05) is 30.3 Å². The summed E-state index contributed by atoms with van der Waals surface area (Å²) in [7, 11) is 0. The number of carbonyl (C=O) groups is 3. The van der Waals surface area contributed by atoms with Crippen LogP contribution in [0, 0.1) is 0 Å². The van der Waals surface area contributed by atoms with Gasteiger partial charge in [-0.25, -0.2) is 4.98 Å². The molecule has 3 amide bonds. The van der Waals surface area contributed by atoms with Crippen molar-refractivity contribution in [2.24, 2.45) is 5.73 Å². The van der Waals surface area contributed by atoms with Crippen molar-refractivity contribution >= 4 is 23.5 Å². The Balaban J connectivity index is 1.84. The maximum absolute atomic E-state index is 12.9. The summed E-state index contributed by atoms with van der Waals surface area (Å²) in [6, 6.07) is 12.4. The Bertz CT molecular complexity index is 853. The van der Waals surface area contributed by atoms with E-state index < -0.39 is 17.7 Å². The van der Waals surface area contributed by atoms with Crippen molar-refractivity contribution in [1.82, 2.24) is 9.88 Å². The largest absolute Gasteiger partial charge is 0.365 e. The van der Waals surface area contributed by atoms with E-state index in [9.17, 15) is 14.4 Å². The number of nitrogens with one attached hydrogen (secondary N) is 1. The Hall–Kier alpha value is -3.22. The number of nitrogens with two attached hydrogens (primary N) is 1. The Morgan fingerprint density at radius 1 is 1.11 bits per heavy atom. The highest BCUT2D eigenvalue weighted by Crippen LogP contribution is 2.34. The Morgan fingerprint density at radius 2 is 1.85 bits per heavy atom. The molecule has 27 heavy (non-hydrogen) atoms. The predicted molar refractivity (Wildman–Crippen MR) is 101 cm³/mol. The number of rotatable bonds is 3. The number of hydrogen-bond acceptors (Lipinski definition) is 4. The Kier molecular flexibility index (Phi) is 5.49. The van der Waals surface area contributed by atoms with Crippen molar-refractivity contribution in [3.8, 4) is 0 Å². The zero-order valence-corrected chi connectivity index (χ0v) is 15.1. The molecule has 0 aliphatic carbocycles. The Labute approximate surface area is 157 Å². The molecule has 0 bridgehead atoms. The fraction of sp³-hybridized carbons (Fsp3) is 0.300. The summed E-state index contributed by atoms with van der Waals surface area (Å²) in [5, 5.41) is 2.44. The van der Waals surface area contributed by atoms with E-state index in [1.165, 1.54) is 18.3 Å². The van der Waals surface area contributed by atoms with Gasteiger partial charge in [0, 0.05) is 12.2 Å². The first kappa shape index (κ1) is 18.6. The Morgan fingerprint density at radius 3 is 2.56 bits per heavy atom. The number of anilines is 1. The smallest absolute Gasteiger partial charge is 0.315 e. The molecule has 3 N–H and O–H groups in total. The SMILES string of the molecule is CC1CCCC(c2ccccc2)N1C(=O)C(=O)Nc1ncccc1C(N)=O. The van der Waals surface area contributed by atoms with Gasteiger partial charge in [-0.15, -0.1) is 0 Å². The highest BCUT2D eigenvalue weighted by Gasteiger charge is 2.36. The van der Waals surface area contributed by atoms with Crippen LogP contribution in [0.3, 0.4) is 0 Å². The molecule has 140 valence electrons. The third-order valence-corrected chi connectivity index (χ3v) is 4.83. The molecule has 2 unspecified atom stereocenters. The molecule has 0 spiro atoms. The summed E-state index contributed by atoms with van der Waals surface area (Å²) in [5.41, 5.74) is 6.36. The van der Waals surface area contributed by atoms with E-state index in [2.05, 4.69) is 10.3 Å². The number of amides is 3. The van der Waals surface area contributed by atoms with Crippen LogP contribution in [0.5, 0.6) is 0 Å². The second kappa shape index (κ2) is 7.99. The van der Waals surface area contributed by atoms with Gasteiger partial charge in [0.1, 0.15) is 5.82 Å². The van der Waals surface area contributed by atoms with E-state index in [0.717, 1.165) is 24.8 Å². The lowest BCUT2D eigenvalue weighted by atomic mass is 9.91. The zero-order chi connectivity index (χ0) is 19.4. The molecule has 7 heteroatoms. The summed E-state index contributed by atoms with van der Waals surface area (Å²) < 4.78 is 0. The summed E-state index contributed by atoms with van der Waals surface area (Å²) in [4.78, 5) is 42.6. The average Bonchev–Trinajstić information content (AvgIpc) is 2.68. The minimum atomic E-state index is -0.828. The van der Waals surface area contributed by atoms with Gasteiger partial charge in [0.15, 0.2) is 0 Å². The van der Waals surface area contributed by atoms with E-state index >= 15 is 0 Å². The van der Waals surface area contributed by atoms with Crippen LogP contribution in [-0.4, -0.2) is 33.6 Å². The molecule has 1 aromatic heterocycles. The first-order valence-corrected chi connectivity index (χ1v) is 8.92. The predicted octanol–water partition coefficient (Wildman–Crippen LogP) is 2.26. The van der Waals surface area contributed by atoms with Crippen molar-refractivity contribution in [2.75, 3.05) is 5.32 Å². The van der Waals surface area contributed by atoms with Gasteiger partial charge in [-0.05, 0) is 43.9 Å². The average molecular weight is 366 g/mol. The quantitative estimate of drug-likeness (QED) is 0.813. The topological polar surface area (TPSA) is 105 Å². The molecule has 0 saturated carbocycles. The molecule has 1 aliphatic heterocycles. The molecule has 2 aromatic rings. The number of pyridine rings is 1. The van der Waals surface area contributed by atoms with Crippen LogP contribution >= 0.6 is 0 Å². The van der Waals surface area contributed by atoms with Gasteiger partial charge in [0.2, 0.25) is 0 Å². The molecule has 3 rings (SSSR count). The number of aromatic nitrogens is 1. The van der Waals surface area contributed by atoms with E-state index in [0.29, 0.717) is 0 Å². The minimum absolute atomic E-state index is 0.00993. The van der Waals surface area contributed by atoms with E-state index in [1.54, 1.807) is 4.90 Å². The summed E-state index contributed by atoms with van der Waals surface area (Å²) in [5.74, 6) is -2.20. The molecular formula is C20H22N4O3. The zero-order valence-electron chi connectivity index (χ0n) is 15.1. The van der Waals surface area contributed by atoms with Crippen LogP contribution in [-0.2, 0) is 9.59 Å². The van der Waals surface area contributed by atoms with Gasteiger partial charge >= 0.3 is 11.8 Å². The molecular weight excluding hydrogens is 344 g/mol. The van der Waals surface area contributed by atoms with E-state index in [-0.39, 0.29) is 23.5 Å². The van der Waals surface area contributed by atoms with E-state index in [1.807, 2.05) is 37.3 Å². The third kappa shape index (κ3) is 3.97. The normalized spacial score (nSPS) is 19.4. The molecule has 1 saturated heterocycles. The highest BCUT2D eigenvalue weighted by molar-refractivity contribution is 6.39. The standard InChI is InChI=1S/C20H22N4O3/c1-13-7-5-11-16(14-8-3-2-4-9-14)24(13)20(27)19(26)23-18-15(17(21)25)10-6-12-22-18/h2-4,6,8-10,12-13,16H,5,7,11H2,1H3,(H2,21,25)(H,22,23,26). The van der Waals surface area contributed by atoms with Crippen molar-refractivity contribution in [2.45, 2.75) is 38.3 Å². The van der Waals surface area contributed by atoms with Crippen LogP contribution in [0.25, 0.3) is 0 Å². The van der Waals surface area contributed by atoms with Gasteiger partial charge in [0.25, 0.3) is 5.91 Å². The molecule has 2 heterocycles. The maximum atomic E-state index is 12.9. The molecule has 1 fully saturated rings. The highest BCUT2D eigenvalue weighted by atomic mass is 16.2. The van der Waals surface area contributed by atoms with Crippen molar-refractivity contribution in [1.29, 1.82) is 0 Å². The van der Waals surface area contributed by atoms with Crippen LogP contribution in [0.2, 0.25) is 0 Å². The number of piperidine rings is 1. The maximum Gasteiger partial charge on any atom is 0.315 e. The van der Waals surface area contributed by atoms with Crippen LogP contribution in [0.1, 0.15) is 48.1 Å². The number of benzene rings is 1. The number of likely N-dealkylation sites (tertiary alicyclic amines) is 1. The summed E-state index contributed by atoms with van der Waals surface area (Å²) in [6.07, 6.45) is 4.03. The third-order valence-electron chi connectivity index (χ3n) is 4.83. The second-order valence-corrected chi connectivity index (χ2v) is 6.64. The first-order chi connectivity index (χ1) is 13.0. The lowest BCUT2D eigenvalue weighted by Gasteiger charge is -2.40. The summed E-state index contributed by atoms with van der Waals surface area (Å²) in [6.45, 7) is 1.94. The van der Waals surface area contributed by atoms with Crippen LogP contribution in [0.15, 0.2) is 48.7 Å². The first-order valence-electron chi connectivity index (χ1n) is 8.92. The minimum Gasteiger partial charge on any atom is -0.365 e. The van der Waals surface area contributed by atoms with Crippen molar-refractivity contribution in [3.63, 3.8) is 0 Å². The van der Waals surface area contributed by atoms with E-state index in [4.69, 9.17) is 5.73 Å². The van der Waals surface area contributed by atoms with Crippen LogP contribution in [0.4, 0.5) is 5.82 Å². The molecule has 1 aromatic carbocycles. The van der Waals surface area contributed by atoms with Crippen LogP contribution < -0.4 is 11.1 Å². The van der Waals surface area contributed by atoms with Gasteiger partial charge < -0.3 is 16.0 Å². The van der Waals surface area contributed by atoms with Gasteiger partial charge in [-0.2, -0.15) is 0 Å².